The molecule has 82 valence electrons. The fourth-order valence-electron chi connectivity index (χ4n) is 1.56. The molecule has 0 radical (unpaired) electrons. The van der Waals surface area contributed by atoms with E-state index in [4.69, 9.17) is 18.0 Å². The number of hydrogen-bond donors (Lipinski definition) is 1. The van der Waals surface area contributed by atoms with E-state index in [2.05, 4.69) is 16.0 Å². The summed E-state index contributed by atoms with van der Waals surface area (Å²) in [7, 11) is 0. The summed E-state index contributed by atoms with van der Waals surface area (Å²) >= 11 is 4.92. The van der Waals surface area contributed by atoms with E-state index in [1.165, 1.54) is 0 Å². The average Bonchev–Trinajstić information content (AvgIpc) is 2.66. The number of thiocarbonyl (C=S) groups is 1. The zero-order valence-corrected chi connectivity index (χ0v) is 9.74. The van der Waals surface area contributed by atoms with Crippen molar-refractivity contribution in [2.75, 3.05) is 0 Å². The molecule has 4 nitrogen and oxygen atoms in total. The van der Waals surface area contributed by atoms with Crippen LogP contribution in [0.3, 0.4) is 0 Å². The van der Waals surface area contributed by atoms with E-state index in [0.717, 1.165) is 11.1 Å². The Morgan fingerprint density at radius 2 is 2.31 bits per heavy atom. The minimum Gasteiger partial charge on any atom is -0.387 e. The molecule has 0 fully saturated rings. The summed E-state index contributed by atoms with van der Waals surface area (Å²) in [5, 5.41) is 0. The molecule has 0 saturated carbocycles. The molecule has 0 atom stereocenters. The van der Waals surface area contributed by atoms with Gasteiger partial charge in [0, 0.05) is 24.8 Å². The highest BCUT2D eigenvalue weighted by atomic mass is 32.1. The Kier molecular flexibility index (Phi) is 2.96. The second-order valence-electron chi connectivity index (χ2n) is 3.61. The Bertz CT molecular complexity index is 518. The van der Waals surface area contributed by atoms with Crippen molar-refractivity contribution in [2.45, 2.75) is 13.5 Å². The van der Waals surface area contributed by atoms with Gasteiger partial charge in [-0.1, -0.05) is 18.3 Å². The minimum atomic E-state index is 0.311. The lowest BCUT2D eigenvalue weighted by molar-refractivity contribution is 0.783. The van der Waals surface area contributed by atoms with Crippen molar-refractivity contribution in [1.29, 1.82) is 0 Å². The molecule has 0 aromatic carbocycles. The molecule has 0 unspecified atom stereocenters. The smallest absolute Gasteiger partial charge is 0.167 e. The lowest BCUT2D eigenvalue weighted by Crippen LogP contribution is -2.17. The zero-order valence-electron chi connectivity index (χ0n) is 8.92. The predicted molar refractivity (Wildman–Crippen MR) is 66.2 cm³/mol. The van der Waals surface area contributed by atoms with Crippen molar-refractivity contribution in [2.24, 2.45) is 5.73 Å². The Balaban J connectivity index is 2.27. The summed E-state index contributed by atoms with van der Waals surface area (Å²) in [6, 6.07) is 2.08. The lowest BCUT2D eigenvalue weighted by atomic mass is 10.2. The topological polar surface area (TPSA) is 56.7 Å². The van der Waals surface area contributed by atoms with Gasteiger partial charge in [-0.05, 0) is 18.1 Å². The van der Waals surface area contributed by atoms with Gasteiger partial charge in [-0.2, -0.15) is 0 Å². The van der Waals surface area contributed by atoms with Gasteiger partial charge in [-0.3, -0.25) is 4.98 Å². The summed E-state index contributed by atoms with van der Waals surface area (Å²) in [5.74, 6) is 0.636. The maximum absolute atomic E-state index is 5.58. The van der Waals surface area contributed by atoms with E-state index >= 15 is 0 Å². The number of hydrogen-bond acceptors (Lipinski definition) is 3. The first-order chi connectivity index (χ1) is 7.66. The third-order valence-corrected chi connectivity index (χ3v) is 2.40. The van der Waals surface area contributed by atoms with Crippen LogP contribution in [0.4, 0.5) is 0 Å². The minimum absolute atomic E-state index is 0.311. The average molecular weight is 232 g/mol. The summed E-state index contributed by atoms with van der Waals surface area (Å²) in [4.78, 5) is 8.56. The molecule has 2 aromatic rings. The highest BCUT2D eigenvalue weighted by molar-refractivity contribution is 7.80. The number of nitrogens with zero attached hydrogens (tertiary/aromatic N) is 3. The van der Waals surface area contributed by atoms with Gasteiger partial charge in [0.25, 0.3) is 0 Å². The fourth-order valence-corrected chi connectivity index (χ4v) is 1.73. The first-order valence-corrected chi connectivity index (χ1v) is 5.29. The van der Waals surface area contributed by atoms with E-state index in [1.54, 1.807) is 6.20 Å². The van der Waals surface area contributed by atoms with Crippen LogP contribution in [-0.2, 0) is 6.54 Å². The van der Waals surface area contributed by atoms with Crippen LogP contribution in [0, 0.1) is 6.92 Å². The predicted octanol–water partition coefficient (Wildman–Crippen LogP) is 1.27. The van der Waals surface area contributed by atoms with Crippen molar-refractivity contribution in [3.05, 3.63) is 47.8 Å². The largest absolute Gasteiger partial charge is 0.387 e. The Morgan fingerprint density at radius 3 is 3.00 bits per heavy atom. The van der Waals surface area contributed by atoms with Crippen LogP contribution in [-0.4, -0.2) is 19.5 Å². The molecule has 0 bridgehead atoms. The standard InChI is InChI=1S/C11H12N4S/c1-8-4-9(6-13-5-8)7-15-3-2-14-11(15)10(12)16/h2-6H,7H2,1H3,(H2,12,16). The van der Waals surface area contributed by atoms with Crippen molar-refractivity contribution >= 4 is 17.2 Å². The van der Waals surface area contributed by atoms with Crippen LogP contribution >= 0.6 is 12.2 Å². The molecular weight excluding hydrogens is 220 g/mol. The van der Waals surface area contributed by atoms with Crippen LogP contribution in [0.5, 0.6) is 0 Å². The van der Waals surface area contributed by atoms with Crippen molar-refractivity contribution in [3.63, 3.8) is 0 Å². The second kappa shape index (κ2) is 4.40. The quantitative estimate of drug-likeness (QED) is 0.810. The molecule has 0 aliphatic carbocycles. The second-order valence-corrected chi connectivity index (χ2v) is 4.05. The lowest BCUT2D eigenvalue weighted by Gasteiger charge is -2.06. The molecule has 0 spiro atoms. The zero-order chi connectivity index (χ0) is 11.5. The molecule has 2 aromatic heterocycles. The monoisotopic (exact) mass is 232 g/mol. The van der Waals surface area contributed by atoms with Gasteiger partial charge >= 0.3 is 0 Å². The molecule has 16 heavy (non-hydrogen) atoms. The molecule has 2 heterocycles. The number of aryl methyl sites for hydroxylation is 1. The summed E-state index contributed by atoms with van der Waals surface area (Å²) in [5.41, 5.74) is 7.82. The first kappa shape index (κ1) is 10.8. The van der Waals surface area contributed by atoms with Gasteiger partial charge in [0.15, 0.2) is 5.82 Å². The van der Waals surface area contributed by atoms with E-state index < -0.39 is 0 Å². The number of pyridine rings is 1. The molecule has 0 saturated heterocycles. The SMILES string of the molecule is Cc1cncc(Cn2ccnc2C(N)=S)c1. The molecule has 5 heteroatoms. The van der Waals surface area contributed by atoms with Gasteiger partial charge in [-0.15, -0.1) is 0 Å². The van der Waals surface area contributed by atoms with Crippen LogP contribution < -0.4 is 5.73 Å². The number of imidazole rings is 1. The molecule has 0 amide bonds. The van der Waals surface area contributed by atoms with Crippen molar-refractivity contribution in [1.82, 2.24) is 14.5 Å². The van der Waals surface area contributed by atoms with Gasteiger partial charge < -0.3 is 10.3 Å². The third-order valence-electron chi connectivity index (χ3n) is 2.22. The van der Waals surface area contributed by atoms with E-state index in [0.29, 0.717) is 17.4 Å². The van der Waals surface area contributed by atoms with E-state index in [1.807, 2.05) is 30.1 Å². The molecule has 0 aliphatic rings. The van der Waals surface area contributed by atoms with Gasteiger partial charge in [-0.25, -0.2) is 4.98 Å². The van der Waals surface area contributed by atoms with Gasteiger partial charge in [0.2, 0.25) is 0 Å². The molecule has 2 N–H and O–H groups in total. The van der Waals surface area contributed by atoms with Crippen LogP contribution in [0.15, 0.2) is 30.9 Å². The highest BCUT2D eigenvalue weighted by Crippen LogP contribution is 2.06. The molecular formula is C11H12N4S. The first-order valence-electron chi connectivity index (χ1n) is 4.88. The third kappa shape index (κ3) is 2.25. The Hall–Kier alpha value is -1.75. The normalized spacial score (nSPS) is 10.3. The maximum atomic E-state index is 5.58. The molecule has 0 aliphatic heterocycles. The van der Waals surface area contributed by atoms with Crippen LogP contribution in [0.2, 0.25) is 0 Å². The number of rotatable bonds is 3. The van der Waals surface area contributed by atoms with Gasteiger partial charge in [0.1, 0.15) is 4.99 Å². The Morgan fingerprint density at radius 1 is 1.50 bits per heavy atom. The van der Waals surface area contributed by atoms with Gasteiger partial charge in [0.05, 0.1) is 6.54 Å². The maximum Gasteiger partial charge on any atom is 0.167 e. The van der Waals surface area contributed by atoms with E-state index in [-0.39, 0.29) is 0 Å². The van der Waals surface area contributed by atoms with Crippen LogP contribution in [0.25, 0.3) is 0 Å². The van der Waals surface area contributed by atoms with E-state index in [9.17, 15) is 0 Å². The van der Waals surface area contributed by atoms with Crippen molar-refractivity contribution in [3.8, 4) is 0 Å². The van der Waals surface area contributed by atoms with Crippen molar-refractivity contribution < 1.29 is 0 Å². The summed E-state index contributed by atoms with van der Waals surface area (Å²) < 4.78 is 1.92. The fraction of sp³-hybridized carbons (Fsp3) is 0.182. The van der Waals surface area contributed by atoms with Crippen LogP contribution in [0.1, 0.15) is 17.0 Å². The number of aromatic nitrogens is 3. The highest BCUT2D eigenvalue weighted by Gasteiger charge is 2.05. The summed E-state index contributed by atoms with van der Waals surface area (Å²) in [6.07, 6.45) is 7.21. The summed E-state index contributed by atoms with van der Waals surface area (Å²) in [6.45, 7) is 2.69. The Labute approximate surface area is 99.1 Å². The molecule has 2 rings (SSSR count). The number of nitrogens with two attached hydrogens (primary N) is 1.